The summed E-state index contributed by atoms with van der Waals surface area (Å²) in [6.07, 6.45) is 9.75. The van der Waals surface area contributed by atoms with Crippen LogP contribution in [-0.4, -0.2) is 7.11 Å². The second kappa shape index (κ2) is 7.98. The van der Waals surface area contributed by atoms with Gasteiger partial charge in [-0.2, -0.15) is 0 Å². The highest BCUT2D eigenvalue weighted by molar-refractivity contribution is 5.57. The molecule has 0 aliphatic rings. The average molecular weight is 255 g/mol. The lowest BCUT2D eigenvalue weighted by Crippen LogP contribution is -2.13. The predicted molar refractivity (Wildman–Crippen MR) is 82.8 cm³/mol. The Kier molecular flexibility index (Phi) is 6.23. The van der Waals surface area contributed by atoms with Gasteiger partial charge in [0.1, 0.15) is 0 Å². The molecule has 0 saturated heterocycles. The highest BCUT2D eigenvalue weighted by atomic mass is 16.5. The Labute approximate surface area is 116 Å². The number of hydrogen-bond acceptors (Lipinski definition) is 2. The molecule has 0 aliphatic heterocycles. The van der Waals surface area contributed by atoms with E-state index in [-0.39, 0.29) is 0 Å². The molecule has 0 N–H and O–H groups in total. The summed E-state index contributed by atoms with van der Waals surface area (Å²) in [5, 5.41) is 0. The van der Waals surface area contributed by atoms with Crippen LogP contribution in [0.5, 0.6) is 0 Å². The van der Waals surface area contributed by atoms with E-state index in [1.54, 1.807) is 7.11 Å². The predicted octanol–water partition coefficient (Wildman–Crippen LogP) is 4.65. The van der Waals surface area contributed by atoms with Crippen LogP contribution in [0, 0.1) is 0 Å². The van der Waals surface area contributed by atoms with Crippen LogP contribution < -0.4 is 4.90 Å². The fourth-order valence-corrected chi connectivity index (χ4v) is 1.58. The summed E-state index contributed by atoms with van der Waals surface area (Å²) in [6, 6.07) is 10.2. The fraction of sp³-hybridized carbons (Fsp3) is 0.176. The molecule has 0 aromatic heterocycles. The Balaban J connectivity index is 3.13. The van der Waals surface area contributed by atoms with Crippen LogP contribution in [0.3, 0.4) is 0 Å². The summed E-state index contributed by atoms with van der Waals surface area (Å²) in [5.74, 6) is 0.854. The van der Waals surface area contributed by atoms with Crippen LogP contribution >= 0.6 is 0 Å². The van der Waals surface area contributed by atoms with E-state index >= 15 is 0 Å². The minimum Gasteiger partial charge on any atom is -0.501 e. The molecule has 0 atom stereocenters. The Morgan fingerprint density at radius 2 is 1.89 bits per heavy atom. The van der Waals surface area contributed by atoms with Crippen molar-refractivity contribution in [3.8, 4) is 0 Å². The molecule has 0 spiro atoms. The summed E-state index contributed by atoms with van der Waals surface area (Å²) in [6.45, 7) is 7.79. The third-order valence-corrected chi connectivity index (χ3v) is 2.63. The Hall–Kier alpha value is -2.22. The van der Waals surface area contributed by atoms with Crippen LogP contribution in [0.15, 0.2) is 78.9 Å². The van der Waals surface area contributed by atoms with Crippen molar-refractivity contribution >= 4 is 5.69 Å². The minimum absolute atomic E-state index is 0.854. The van der Waals surface area contributed by atoms with Gasteiger partial charge in [-0.05, 0) is 44.2 Å². The second-order valence-electron chi connectivity index (χ2n) is 3.97. The highest BCUT2D eigenvalue weighted by Gasteiger charge is 2.04. The molecule has 0 amide bonds. The highest BCUT2D eigenvalue weighted by Crippen LogP contribution is 2.20. The van der Waals surface area contributed by atoms with Gasteiger partial charge >= 0.3 is 0 Å². The van der Waals surface area contributed by atoms with Crippen LogP contribution in [0.2, 0.25) is 0 Å². The number of nitrogens with zero attached hydrogens (tertiary/aromatic N) is 1. The third kappa shape index (κ3) is 4.51. The van der Waals surface area contributed by atoms with E-state index < -0.39 is 0 Å². The number of ether oxygens (including phenoxy) is 1. The molecule has 0 radical (unpaired) electrons. The number of anilines is 1. The van der Waals surface area contributed by atoms with E-state index in [1.165, 1.54) is 0 Å². The number of benzene rings is 1. The lowest BCUT2D eigenvalue weighted by Gasteiger charge is -2.21. The van der Waals surface area contributed by atoms with E-state index in [9.17, 15) is 0 Å². The van der Waals surface area contributed by atoms with Gasteiger partial charge in [-0.15, -0.1) is 0 Å². The molecule has 0 unspecified atom stereocenters. The van der Waals surface area contributed by atoms with Gasteiger partial charge in [0.25, 0.3) is 0 Å². The molecule has 0 aliphatic carbocycles. The lowest BCUT2D eigenvalue weighted by atomic mass is 10.2. The van der Waals surface area contributed by atoms with Crippen LogP contribution in [0.4, 0.5) is 5.69 Å². The smallest absolute Gasteiger partial charge is 0.0925 e. The van der Waals surface area contributed by atoms with Crippen molar-refractivity contribution in [3.05, 3.63) is 78.9 Å². The zero-order chi connectivity index (χ0) is 14.1. The van der Waals surface area contributed by atoms with Crippen LogP contribution in [-0.2, 0) is 4.74 Å². The minimum atomic E-state index is 0.854. The standard InChI is InChI=1S/C17H21NO/c1-5-14-18(17-10-8-7-9-11-17)16(6-2)13-12-15(3)19-4/h5-14H,2H2,1,3-4H3/b14-5+,15-12+,16-13+. The quantitative estimate of drug-likeness (QED) is 0.542. The van der Waals surface area contributed by atoms with Crippen molar-refractivity contribution in [1.29, 1.82) is 0 Å². The first-order chi connectivity index (χ1) is 9.22. The normalized spacial score (nSPS) is 12.6. The van der Waals surface area contributed by atoms with Gasteiger partial charge in [-0.1, -0.05) is 30.9 Å². The molecule has 1 rings (SSSR count). The average Bonchev–Trinajstić information content (AvgIpc) is 2.47. The van der Waals surface area contributed by atoms with Gasteiger partial charge < -0.3 is 9.64 Å². The van der Waals surface area contributed by atoms with Crippen molar-refractivity contribution in [2.24, 2.45) is 0 Å². The maximum Gasteiger partial charge on any atom is 0.0925 e. The second-order valence-corrected chi connectivity index (χ2v) is 3.97. The van der Waals surface area contributed by atoms with E-state index in [2.05, 4.69) is 23.6 Å². The molecular formula is C17H21NO. The SMILES string of the molecule is C=C/C(=C\C=C(/C)OC)N(/C=C/C)c1ccccc1. The van der Waals surface area contributed by atoms with Crippen molar-refractivity contribution in [3.63, 3.8) is 0 Å². The number of para-hydroxylation sites is 1. The zero-order valence-corrected chi connectivity index (χ0v) is 11.8. The number of methoxy groups -OCH3 is 1. The molecule has 0 fully saturated rings. The molecule has 2 heteroatoms. The zero-order valence-electron chi connectivity index (χ0n) is 11.8. The van der Waals surface area contributed by atoms with Crippen LogP contribution in [0.25, 0.3) is 0 Å². The number of hydrogen-bond donors (Lipinski definition) is 0. The van der Waals surface area contributed by atoms with E-state index in [4.69, 9.17) is 4.74 Å². The number of allylic oxidation sites excluding steroid dienone is 5. The molecule has 0 saturated carbocycles. The number of rotatable bonds is 6. The van der Waals surface area contributed by atoms with Crippen LogP contribution in [0.1, 0.15) is 13.8 Å². The summed E-state index contributed by atoms with van der Waals surface area (Å²) < 4.78 is 5.14. The Morgan fingerprint density at radius 1 is 1.21 bits per heavy atom. The molecule has 100 valence electrons. The van der Waals surface area contributed by atoms with E-state index in [1.807, 2.05) is 62.6 Å². The largest absolute Gasteiger partial charge is 0.501 e. The molecule has 2 nitrogen and oxygen atoms in total. The Bertz CT molecular complexity index is 483. The lowest BCUT2D eigenvalue weighted by molar-refractivity contribution is 0.294. The molecule has 0 bridgehead atoms. The van der Waals surface area contributed by atoms with Gasteiger partial charge in [0.2, 0.25) is 0 Å². The summed E-state index contributed by atoms with van der Waals surface area (Å²) >= 11 is 0. The Morgan fingerprint density at radius 3 is 2.42 bits per heavy atom. The summed E-state index contributed by atoms with van der Waals surface area (Å²) in [4.78, 5) is 2.08. The van der Waals surface area contributed by atoms with Crippen molar-refractivity contribution in [2.45, 2.75) is 13.8 Å². The topological polar surface area (TPSA) is 12.5 Å². The maximum atomic E-state index is 5.14. The first-order valence-corrected chi connectivity index (χ1v) is 6.25. The van der Waals surface area contributed by atoms with E-state index in [0.717, 1.165) is 17.1 Å². The first kappa shape index (κ1) is 14.8. The fourth-order valence-electron chi connectivity index (χ4n) is 1.58. The molecule has 1 aromatic rings. The van der Waals surface area contributed by atoms with Crippen molar-refractivity contribution < 1.29 is 4.74 Å². The molecule has 0 heterocycles. The van der Waals surface area contributed by atoms with E-state index in [0.29, 0.717) is 0 Å². The summed E-state index contributed by atoms with van der Waals surface area (Å²) in [7, 11) is 1.66. The van der Waals surface area contributed by atoms with Gasteiger partial charge in [0.15, 0.2) is 0 Å². The first-order valence-electron chi connectivity index (χ1n) is 6.25. The van der Waals surface area contributed by atoms with Gasteiger partial charge in [0, 0.05) is 17.6 Å². The monoisotopic (exact) mass is 255 g/mol. The molecular weight excluding hydrogens is 234 g/mol. The molecule has 1 aromatic carbocycles. The maximum absolute atomic E-state index is 5.14. The van der Waals surface area contributed by atoms with Crippen molar-refractivity contribution in [2.75, 3.05) is 12.0 Å². The van der Waals surface area contributed by atoms with Gasteiger partial charge in [-0.3, -0.25) is 0 Å². The molecule has 19 heavy (non-hydrogen) atoms. The van der Waals surface area contributed by atoms with Gasteiger partial charge in [-0.25, -0.2) is 0 Å². The van der Waals surface area contributed by atoms with Crippen molar-refractivity contribution in [1.82, 2.24) is 0 Å². The van der Waals surface area contributed by atoms with Gasteiger partial charge in [0.05, 0.1) is 12.9 Å². The third-order valence-electron chi connectivity index (χ3n) is 2.63. The summed E-state index contributed by atoms with van der Waals surface area (Å²) in [5.41, 5.74) is 2.08.